The van der Waals surface area contributed by atoms with Crippen molar-refractivity contribution in [3.63, 3.8) is 0 Å². The number of nitrogen functional groups attached to an aromatic ring is 1. The van der Waals surface area contributed by atoms with Crippen molar-refractivity contribution < 1.29 is 4.92 Å². The summed E-state index contributed by atoms with van der Waals surface area (Å²) in [5, 5.41) is 10.7. The standard InChI is InChI=1S/C14H11BrN4O2/c1-7-4-8(15)5-12-13(7)18-14(17-12)10-3-2-9(19(20)21)6-11(10)16/h2-6H,16H2,1H3,(H,17,18). The molecule has 0 aliphatic carbocycles. The van der Waals surface area contributed by atoms with E-state index in [9.17, 15) is 10.1 Å². The minimum absolute atomic E-state index is 0.0358. The number of non-ortho nitro benzene ring substituents is 1. The molecular weight excluding hydrogens is 336 g/mol. The molecule has 0 unspecified atom stereocenters. The SMILES string of the molecule is Cc1cc(Br)cc2[nH]c(-c3ccc([N+](=O)[O-])cc3N)nc12. The number of aromatic nitrogens is 2. The normalized spacial score (nSPS) is 11.0. The summed E-state index contributed by atoms with van der Waals surface area (Å²) in [6.45, 7) is 1.97. The van der Waals surface area contributed by atoms with Crippen LogP contribution in [0, 0.1) is 17.0 Å². The minimum Gasteiger partial charge on any atom is -0.398 e. The molecule has 1 heterocycles. The zero-order valence-electron chi connectivity index (χ0n) is 11.1. The maximum atomic E-state index is 10.7. The Morgan fingerprint density at radius 3 is 2.76 bits per heavy atom. The lowest BCUT2D eigenvalue weighted by atomic mass is 10.1. The molecule has 0 aliphatic rings. The Balaban J connectivity index is 2.17. The van der Waals surface area contributed by atoms with E-state index in [2.05, 4.69) is 25.9 Å². The molecule has 3 rings (SSSR count). The molecule has 106 valence electrons. The van der Waals surface area contributed by atoms with Gasteiger partial charge in [-0.25, -0.2) is 4.98 Å². The number of hydrogen-bond donors (Lipinski definition) is 2. The minimum atomic E-state index is -0.472. The van der Waals surface area contributed by atoms with E-state index in [1.54, 1.807) is 6.07 Å². The van der Waals surface area contributed by atoms with Crippen LogP contribution in [0.2, 0.25) is 0 Å². The topological polar surface area (TPSA) is 97.8 Å². The zero-order chi connectivity index (χ0) is 15.1. The fourth-order valence-electron chi connectivity index (χ4n) is 2.25. The van der Waals surface area contributed by atoms with Crippen LogP contribution >= 0.6 is 15.9 Å². The first kappa shape index (κ1) is 13.6. The van der Waals surface area contributed by atoms with Crippen LogP contribution < -0.4 is 5.73 Å². The zero-order valence-corrected chi connectivity index (χ0v) is 12.6. The van der Waals surface area contributed by atoms with Crippen LogP contribution in [0.5, 0.6) is 0 Å². The summed E-state index contributed by atoms with van der Waals surface area (Å²) in [7, 11) is 0. The van der Waals surface area contributed by atoms with E-state index in [0.717, 1.165) is 21.1 Å². The van der Waals surface area contributed by atoms with Gasteiger partial charge in [-0.15, -0.1) is 0 Å². The predicted octanol–water partition coefficient (Wildman–Crippen LogP) is 3.79. The Hall–Kier alpha value is -2.41. The van der Waals surface area contributed by atoms with Gasteiger partial charge in [0.1, 0.15) is 5.82 Å². The third kappa shape index (κ3) is 2.36. The second-order valence-corrected chi connectivity index (χ2v) is 5.65. The highest BCUT2D eigenvalue weighted by atomic mass is 79.9. The van der Waals surface area contributed by atoms with Crippen molar-refractivity contribution >= 4 is 38.3 Å². The number of fused-ring (bicyclic) bond motifs is 1. The van der Waals surface area contributed by atoms with Crippen LogP contribution in [-0.2, 0) is 0 Å². The molecule has 0 amide bonds. The quantitative estimate of drug-likeness (QED) is 0.419. The van der Waals surface area contributed by atoms with E-state index in [4.69, 9.17) is 5.73 Å². The third-order valence-corrected chi connectivity index (χ3v) is 3.70. The number of benzene rings is 2. The highest BCUT2D eigenvalue weighted by molar-refractivity contribution is 9.10. The van der Waals surface area contributed by atoms with Crippen molar-refractivity contribution in [2.24, 2.45) is 0 Å². The lowest BCUT2D eigenvalue weighted by Crippen LogP contribution is -1.94. The summed E-state index contributed by atoms with van der Waals surface area (Å²) < 4.78 is 0.958. The number of nitrogens with zero attached hydrogens (tertiary/aromatic N) is 2. The number of nitro benzene ring substituents is 1. The molecule has 0 radical (unpaired) electrons. The molecule has 0 aliphatic heterocycles. The maximum Gasteiger partial charge on any atom is 0.271 e. The van der Waals surface area contributed by atoms with Crippen molar-refractivity contribution in [1.29, 1.82) is 0 Å². The van der Waals surface area contributed by atoms with Gasteiger partial charge in [0.05, 0.1) is 16.0 Å². The van der Waals surface area contributed by atoms with Crippen molar-refractivity contribution in [2.75, 3.05) is 5.73 Å². The highest BCUT2D eigenvalue weighted by Gasteiger charge is 2.14. The predicted molar refractivity (Wildman–Crippen MR) is 85.0 cm³/mol. The van der Waals surface area contributed by atoms with Crippen molar-refractivity contribution in [2.45, 2.75) is 6.92 Å². The van der Waals surface area contributed by atoms with Gasteiger partial charge in [0, 0.05) is 27.9 Å². The van der Waals surface area contributed by atoms with E-state index in [1.165, 1.54) is 12.1 Å². The molecule has 0 atom stereocenters. The molecule has 3 aromatic rings. The molecule has 0 bridgehead atoms. The lowest BCUT2D eigenvalue weighted by molar-refractivity contribution is -0.384. The number of anilines is 1. The number of aryl methyl sites for hydroxylation is 1. The first-order valence-electron chi connectivity index (χ1n) is 6.16. The molecule has 7 heteroatoms. The van der Waals surface area contributed by atoms with Gasteiger partial charge in [-0.05, 0) is 30.7 Å². The summed E-state index contributed by atoms with van der Waals surface area (Å²) in [4.78, 5) is 18.0. The van der Waals surface area contributed by atoms with Gasteiger partial charge >= 0.3 is 0 Å². The van der Waals surface area contributed by atoms with Crippen LogP contribution in [0.1, 0.15) is 5.56 Å². The van der Waals surface area contributed by atoms with Gasteiger partial charge in [-0.1, -0.05) is 15.9 Å². The number of nitrogens with one attached hydrogen (secondary N) is 1. The molecule has 6 nitrogen and oxygen atoms in total. The second-order valence-electron chi connectivity index (χ2n) is 4.73. The second kappa shape index (κ2) is 4.85. The van der Waals surface area contributed by atoms with Crippen LogP contribution in [0.3, 0.4) is 0 Å². The smallest absolute Gasteiger partial charge is 0.271 e. The molecule has 0 spiro atoms. The number of nitro groups is 1. The Kier molecular flexibility index (Phi) is 3.13. The summed E-state index contributed by atoms with van der Waals surface area (Å²) in [5.74, 6) is 0.596. The average molecular weight is 347 g/mol. The average Bonchev–Trinajstić information content (AvgIpc) is 2.82. The van der Waals surface area contributed by atoms with Crippen LogP contribution in [0.4, 0.5) is 11.4 Å². The van der Waals surface area contributed by atoms with Crippen LogP contribution in [0.15, 0.2) is 34.8 Å². The Morgan fingerprint density at radius 2 is 2.10 bits per heavy atom. The monoisotopic (exact) mass is 346 g/mol. The van der Waals surface area contributed by atoms with E-state index >= 15 is 0 Å². The summed E-state index contributed by atoms with van der Waals surface area (Å²) in [5.41, 5.74) is 9.60. The number of hydrogen-bond acceptors (Lipinski definition) is 4. The third-order valence-electron chi connectivity index (χ3n) is 3.24. The number of nitrogens with two attached hydrogens (primary N) is 1. The number of halogens is 1. The van der Waals surface area contributed by atoms with Gasteiger partial charge in [-0.2, -0.15) is 0 Å². The number of rotatable bonds is 2. The largest absolute Gasteiger partial charge is 0.398 e. The van der Waals surface area contributed by atoms with Crippen molar-refractivity contribution in [1.82, 2.24) is 9.97 Å². The first-order valence-corrected chi connectivity index (χ1v) is 6.95. The molecule has 2 aromatic carbocycles. The Bertz CT molecular complexity index is 873. The van der Waals surface area contributed by atoms with E-state index < -0.39 is 4.92 Å². The Labute approximate surface area is 128 Å². The van der Waals surface area contributed by atoms with E-state index in [0.29, 0.717) is 17.1 Å². The molecule has 1 aromatic heterocycles. The van der Waals surface area contributed by atoms with Gasteiger partial charge in [0.25, 0.3) is 5.69 Å². The van der Waals surface area contributed by atoms with Crippen molar-refractivity contribution in [3.8, 4) is 11.4 Å². The van der Waals surface area contributed by atoms with Crippen LogP contribution in [0.25, 0.3) is 22.4 Å². The van der Waals surface area contributed by atoms with E-state index in [1.807, 2.05) is 19.1 Å². The highest BCUT2D eigenvalue weighted by Crippen LogP contribution is 2.30. The molecular formula is C14H11BrN4O2. The molecule has 0 fully saturated rings. The molecule has 21 heavy (non-hydrogen) atoms. The number of imidazole rings is 1. The summed E-state index contributed by atoms with van der Waals surface area (Å²) in [6.07, 6.45) is 0. The maximum absolute atomic E-state index is 10.7. The lowest BCUT2D eigenvalue weighted by Gasteiger charge is -2.01. The van der Waals surface area contributed by atoms with Gasteiger partial charge in [-0.3, -0.25) is 10.1 Å². The van der Waals surface area contributed by atoms with E-state index in [-0.39, 0.29) is 5.69 Å². The molecule has 0 saturated heterocycles. The fraction of sp³-hybridized carbons (Fsp3) is 0.0714. The first-order chi connectivity index (χ1) is 9.95. The van der Waals surface area contributed by atoms with Gasteiger partial charge in [0.15, 0.2) is 0 Å². The number of aromatic amines is 1. The van der Waals surface area contributed by atoms with Crippen molar-refractivity contribution in [3.05, 3.63) is 50.5 Å². The molecule has 0 saturated carbocycles. The Morgan fingerprint density at radius 1 is 1.33 bits per heavy atom. The van der Waals surface area contributed by atoms with Gasteiger partial charge < -0.3 is 10.7 Å². The summed E-state index contributed by atoms with van der Waals surface area (Å²) >= 11 is 3.44. The molecule has 3 N–H and O–H groups in total. The van der Waals surface area contributed by atoms with Crippen LogP contribution in [-0.4, -0.2) is 14.9 Å². The van der Waals surface area contributed by atoms with Gasteiger partial charge in [0.2, 0.25) is 0 Å². The number of H-pyrrole nitrogens is 1. The summed E-state index contributed by atoms with van der Waals surface area (Å²) in [6, 6.07) is 8.27. The fourth-order valence-corrected chi connectivity index (χ4v) is 2.83.